The molecule has 1 aromatic rings. The fraction of sp³-hybridized carbons (Fsp3) is 0.429. The molecule has 0 bridgehead atoms. The van der Waals surface area contributed by atoms with Crippen molar-refractivity contribution in [3.63, 3.8) is 0 Å². The van der Waals surface area contributed by atoms with Crippen LogP contribution < -0.4 is 5.73 Å². The number of nitrogens with zero attached hydrogens (tertiary/aromatic N) is 3. The number of aryl methyl sites for hydroxylation is 1. The van der Waals surface area contributed by atoms with Crippen LogP contribution in [0, 0.1) is 0 Å². The van der Waals surface area contributed by atoms with E-state index in [2.05, 4.69) is 16.7 Å². The summed E-state index contributed by atoms with van der Waals surface area (Å²) in [5.74, 6) is 0.787. The summed E-state index contributed by atoms with van der Waals surface area (Å²) in [5, 5.41) is 3.99. The molecule has 11 heavy (non-hydrogen) atoms. The highest BCUT2D eigenvalue weighted by Gasteiger charge is 2.03. The molecule has 1 aromatic heterocycles. The molecule has 0 atom stereocenters. The number of nitrogens with two attached hydrogens (primary N) is 1. The van der Waals surface area contributed by atoms with Crippen LogP contribution in [0.5, 0.6) is 0 Å². The largest absolute Gasteiger partial charge is 0.326 e. The van der Waals surface area contributed by atoms with Gasteiger partial charge in [-0.05, 0) is 6.92 Å². The average molecular weight is 152 g/mol. The second-order valence-corrected chi connectivity index (χ2v) is 2.21. The van der Waals surface area contributed by atoms with Crippen LogP contribution in [0.2, 0.25) is 0 Å². The molecule has 0 aliphatic rings. The van der Waals surface area contributed by atoms with E-state index in [1.54, 1.807) is 4.68 Å². The Morgan fingerprint density at radius 3 is 3.09 bits per heavy atom. The molecule has 0 saturated heterocycles. The Balaban J connectivity index is 2.92. The van der Waals surface area contributed by atoms with E-state index in [-0.39, 0.29) is 0 Å². The third-order valence-electron chi connectivity index (χ3n) is 1.48. The van der Waals surface area contributed by atoms with Crippen molar-refractivity contribution < 1.29 is 0 Å². The standard InChI is InChI=1S/C7H12N4/c1-3-11-7(6(2)4-8)9-5-10-11/h5H,2-4,8H2,1H3. The molecule has 0 amide bonds. The Morgan fingerprint density at radius 1 is 1.82 bits per heavy atom. The first kappa shape index (κ1) is 7.94. The predicted molar refractivity (Wildman–Crippen MR) is 43.8 cm³/mol. The first-order valence-electron chi connectivity index (χ1n) is 3.55. The minimum atomic E-state index is 0.429. The van der Waals surface area contributed by atoms with Gasteiger partial charge in [0.2, 0.25) is 0 Å². The Hall–Kier alpha value is -1.16. The quantitative estimate of drug-likeness (QED) is 0.676. The van der Waals surface area contributed by atoms with Crippen LogP contribution in [0.3, 0.4) is 0 Å². The van der Waals surface area contributed by atoms with E-state index in [0.29, 0.717) is 6.54 Å². The smallest absolute Gasteiger partial charge is 0.154 e. The summed E-state index contributed by atoms with van der Waals surface area (Å²) in [6, 6.07) is 0. The predicted octanol–water partition coefficient (Wildman–Crippen LogP) is 0.270. The van der Waals surface area contributed by atoms with E-state index in [1.165, 1.54) is 6.33 Å². The lowest BCUT2D eigenvalue weighted by atomic mass is 10.3. The zero-order valence-corrected chi connectivity index (χ0v) is 6.62. The number of rotatable bonds is 3. The van der Waals surface area contributed by atoms with Gasteiger partial charge in [0.1, 0.15) is 6.33 Å². The first-order chi connectivity index (χ1) is 5.29. The van der Waals surface area contributed by atoms with E-state index in [0.717, 1.165) is 17.9 Å². The molecule has 0 saturated carbocycles. The van der Waals surface area contributed by atoms with Gasteiger partial charge < -0.3 is 5.73 Å². The molecule has 4 heteroatoms. The zero-order valence-electron chi connectivity index (χ0n) is 6.62. The van der Waals surface area contributed by atoms with E-state index in [1.807, 2.05) is 6.92 Å². The van der Waals surface area contributed by atoms with Crippen LogP contribution in [0.15, 0.2) is 12.9 Å². The molecule has 1 rings (SSSR count). The van der Waals surface area contributed by atoms with E-state index >= 15 is 0 Å². The Bertz CT molecular complexity index is 251. The number of aromatic nitrogens is 3. The highest BCUT2D eigenvalue weighted by molar-refractivity contribution is 5.58. The molecule has 2 N–H and O–H groups in total. The van der Waals surface area contributed by atoms with Crippen LogP contribution in [-0.2, 0) is 6.54 Å². The fourth-order valence-electron chi connectivity index (χ4n) is 0.861. The van der Waals surface area contributed by atoms with Crippen molar-refractivity contribution in [3.05, 3.63) is 18.7 Å². The van der Waals surface area contributed by atoms with Crippen molar-refractivity contribution in [3.8, 4) is 0 Å². The minimum absolute atomic E-state index is 0.429. The monoisotopic (exact) mass is 152 g/mol. The maximum Gasteiger partial charge on any atom is 0.154 e. The molecule has 4 nitrogen and oxygen atoms in total. The molecule has 0 aromatic carbocycles. The van der Waals surface area contributed by atoms with Gasteiger partial charge in [-0.25, -0.2) is 9.67 Å². The second-order valence-electron chi connectivity index (χ2n) is 2.21. The van der Waals surface area contributed by atoms with Crippen LogP contribution in [0.4, 0.5) is 0 Å². The maximum absolute atomic E-state index is 5.41. The Labute approximate surface area is 65.7 Å². The molecule has 60 valence electrons. The van der Waals surface area contributed by atoms with Crippen molar-refractivity contribution in [1.29, 1.82) is 0 Å². The van der Waals surface area contributed by atoms with Gasteiger partial charge in [-0.15, -0.1) is 0 Å². The van der Waals surface area contributed by atoms with E-state index < -0.39 is 0 Å². The lowest BCUT2D eigenvalue weighted by Crippen LogP contribution is -2.08. The van der Waals surface area contributed by atoms with Gasteiger partial charge in [-0.2, -0.15) is 5.10 Å². The van der Waals surface area contributed by atoms with E-state index in [4.69, 9.17) is 5.73 Å². The lowest BCUT2D eigenvalue weighted by molar-refractivity contribution is 0.647. The molecular weight excluding hydrogens is 140 g/mol. The van der Waals surface area contributed by atoms with Crippen molar-refractivity contribution in [1.82, 2.24) is 14.8 Å². The summed E-state index contributed by atoms with van der Waals surface area (Å²) in [4.78, 5) is 4.03. The highest BCUT2D eigenvalue weighted by Crippen LogP contribution is 2.05. The third-order valence-corrected chi connectivity index (χ3v) is 1.48. The van der Waals surface area contributed by atoms with Gasteiger partial charge in [0, 0.05) is 18.7 Å². The van der Waals surface area contributed by atoms with Crippen molar-refractivity contribution in [2.24, 2.45) is 5.73 Å². The van der Waals surface area contributed by atoms with Crippen molar-refractivity contribution >= 4 is 5.57 Å². The summed E-state index contributed by atoms with van der Waals surface area (Å²) in [6.45, 7) is 7.01. The van der Waals surface area contributed by atoms with Gasteiger partial charge in [-0.3, -0.25) is 0 Å². The minimum Gasteiger partial charge on any atom is -0.326 e. The number of hydrogen-bond acceptors (Lipinski definition) is 3. The maximum atomic E-state index is 5.41. The Kier molecular flexibility index (Phi) is 2.38. The molecule has 0 spiro atoms. The second kappa shape index (κ2) is 3.30. The molecule has 0 fully saturated rings. The Morgan fingerprint density at radius 2 is 2.55 bits per heavy atom. The van der Waals surface area contributed by atoms with Gasteiger partial charge >= 0.3 is 0 Å². The molecule has 1 heterocycles. The van der Waals surface area contributed by atoms with Crippen LogP contribution in [0.1, 0.15) is 12.7 Å². The molecule has 0 unspecified atom stereocenters. The first-order valence-corrected chi connectivity index (χ1v) is 3.55. The summed E-state index contributed by atoms with van der Waals surface area (Å²) in [6.07, 6.45) is 1.51. The van der Waals surface area contributed by atoms with Gasteiger partial charge in [0.15, 0.2) is 5.82 Å². The van der Waals surface area contributed by atoms with Crippen LogP contribution in [-0.4, -0.2) is 21.3 Å². The van der Waals surface area contributed by atoms with Crippen molar-refractivity contribution in [2.75, 3.05) is 6.54 Å². The lowest BCUT2D eigenvalue weighted by Gasteiger charge is -2.02. The average Bonchev–Trinajstić information content (AvgIpc) is 2.50. The topological polar surface area (TPSA) is 56.7 Å². The number of hydrogen-bond donors (Lipinski definition) is 1. The summed E-state index contributed by atoms with van der Waals surface area (Å²) >= 11 is 0. The third kappa shape index (κ3) is 1.46. The summed E-state index contributed by atoms with van der Waals surface area (Å²) in [5.41, 5.74) is 6.23. The molecule has 0 aliphatic carbocycles. The van der Waals surface area contributed by atoms with E-state index in [9.17, 15) is 0 Å². The van der Waals surface area contributed by atoms with Gasteiger partial charge in [0.25, 0.3) is 0 Å². The molecular formula is C7H12N4. The summed E-state index contributed by atoms with van der Waals surface area (Å²) < 4.78 is 1.77. The zero-order chi connectivity index (χ0) is 8.27. The molecule has 0 radical (unpaired) electrons. The summed E-state index contributed by atoms with van der Waals surface area (Å²) in [7, 11) is 0. The van der Waals surface area contributed by atoms with Crippen LogP contribution >= 0.6 is 0 Å². The SMILES string of the molecule is C=C(CN)c1ncnn1CC. The van der Waals surface area contributed by atoms with Crippen molar-refractivity contribution in [2.45, 2.75) is 13.5 Å². The fourth-order valence-corrected chi connectivity index (χ4v) is 0.861. The van der Waals surface area contributed by atoms with Crippen LogP contribution in [0.25, 0.3) is 5.57 Å². The normalized spacial score (nSPS) is 10.0. The molecule has 0 aliphatic heterocycles. The van der Waals surface area contributed by atoms with Gasteiger partial charge in [-0.1, -0.05) is 6.58 Å². The van der Waals surface area contributed by atoms with Gasteiger partial charge in [0.05, 0.1) is 0 Å². The highest BCUT2D eigenvalue weighted by atomic mass is 15.3.